The number of aromatic nitrogens is 1. The van der Waals surface area contributed by atoms with Gasteiger partial charge in [0.2, 0.25) is 0 Å². The summed E-state index contributed by atoms with van der Waals surface area (Å²) in [5.41, 5.74) is 2.44. The second-order valence-electron chi connectivity index (χ2n) is 4.53. The predicted molar refractivity (Wildman–Crippen MR) is 91.0 cm³/mol. The smallest absolute Gasteiger partial charge is 0.124 e. The average molecular weight is 285 g/mol. The molecule has 2 unspecified atom stereocenters. The van der Waals surface area contributed by atoms with Gasteiger partial charge in [-0.15, -0.1) is 11.3 Å². The van der Waals surface area contributed by atoms with Crippen LogP contribution in [0.25, 0.3) is 15.8 Å². The minimum absolute atomic E-state index is 0.798. The summed E-state index contributed by atoms with van der Waals surface area (Å²) in [6, 6.07) is 8.35. The molecule has 0 N–H and O–H groups in total. The first-order valence-corrected chi connectivity index (χ1v) is 8.48. The summed E-state index contributed by atoms with van der Waals surface area (Å²) in [6.45, 7) is 8.00. The van der Waals surface area contributed by atoms with E-state index in [2.05, 4.69) is 41.4 Å². The van der Waals surface area contributed by atoms with E-state index in [9.17, 15) is 0 Å². The molecule has 0 amide bonds. The lowest BCUT2D eigenvalue weighted by Crippen LogP contribution is -1.86. The third-order valence-corrected chi connectivity index (χ3v) is 4.43. The zero-order valence-corrected chi connectivity index (χ0v) is 13.6. The number of fused-ring (bicyclic) bond motifs is 2. The molecule has 0 saturated heterocycles. The molecule has 1 aromatic heterocycles. The van der Waals surface area contributed by atoms with Gasteiger partial charge in [0.15, 0.2) is 0 Å². The van der Waals surface area contributed by atoms with Crippen LogP contribution < -0.4 is 0 Å². The van der Waals surface area contributed by atoms with E-state index in [1.54, 1.807) is 11.3 Å². The lowest BCUT2D eigenvalue weighted by molar-refractivity contribution is 0.984. The van der Waals surface area contributed by atoms with Crippen LogP contribution in [0.1, 0.15) is 39.1 Å². The van der Waals surface area contributed by atoms with Gasteiger partial charge in [-0.05, 0) is 30.4 Å². The van der Waals surface area contributed by atoms with E-state index in [4.69, 9.17) is 0 Å². The minimum atomic E-state index is 0.798. The summed E-state index contributed by atoms with van der Waals surface area (Å²) in [5.74, 6) is 1.63. The Bertz CT molecular complexity index is 588. The van der Waals surface area contributed by atoms with Gasteiger partial charge >= 0.3 is 0 Å². The van der Waals surface area contributed by atoms with Crippen molar-refractivity contribution in [1.82, 2.24) is 4.98 Å². The minimum Gasteiger partial charge on any atom is -0.236 e. The highest BCUT2D eigenvalue weighted by Crippen LogP contribution is 2.46. The Balaban J connectivity index is 0.000000340. The molecule has 2 aromatic rings. The number of nitrogens with zero attached hydrogens (tertiary/aromatic N) is 1. The first-order chi connectivity index (χ1) is 9.90. The molecule has 20 heavy (non-hydrogen) atoms. The van der Waals surface area contributed by atoms with Crippen molar-refractivity contribution in [1.29, 1.82) is 0 Å². The summed E-state index contributed by atoms with van der Waals surface area (Å²) in [4.78, 5) is 4.69. The van der Waals surface area contributed by atoms with Gasteiger partial charge in [0, 0.05) is 5.57 Å². The van der Waals surface area contributed by atoms with Gasteiger partial charge in [-0.1, -0.05) is 58.1 Å². The molecule has 106 valence electrons. The van der Waals surface area contributed by atoms with E-state index in [0.29, 0.717) is 0 Å². The normalized spacial score (nSPS) is 21.9. The van der Waals surface area contributed by atoms with Crippen molar-refractivity contribution >= 4 is 27.1 Å². The Morgan fingerprint density at radius 2 is 1.80 bits per heavy atom. The monoisotopic (exact) mass is 285 g/mol. The predicted octanol–water partition coefficient (Wildman–Crippen LogP) is 5.94. The van der Waals surface area contributed by atoms with E-state index >= 15 is 0 Å². The second-order valence-corrected chi connectivity index (χ2v) is 5.56. The van der Waals surface area contributed by atoms with Crippen molar-refractivity contribution in [3.8, 4) is 0 Å². The standard InChI is InChI=1S/C14H11NS.2C2H6/c1-2-4-13-12(3-1)15-14(16-13)10-6-5-9-7-11(9)8-10;2*1-2/h1-6,8-9,11H,7H2;2*1-2H3. The maximum atomic E-state index is 4.69. The molecule has 1 heterocycles. The lowest BCUT2D eigenvalue weighted by Gasteiger charge is -2.01. The maximum absolute atomic E-state index is 4.69. The van der Waals surface area contributed by atoms with E-state index in [1.165, 1.54) is 21.7 Å². The highest BCUT2D eigenvalue weighted by Gasteiger charge is 2.35. The third kappa shape index (κ3) is 3.01. The van der Waals surface area contributed by atoms with E-state index in [0.717, 1.165) is 17.4 Å². The molecule has 4 rings (SSSR count). The maximum Gasteiger partial charge on any atom is 0.124 e. The van der Waals surface area contributed by atoms with Gasteiger partial charge in [-0.3, -0.25) is 0 Å². The van der Waals surface area contributed by atoms with Crippen LogP contribution in [-0.4, -0.2) is 4.98 Å². The Labute approximate surface area is 126 Å². The molecule has 0 aliphatic heterocycles. The third-order valence-electron chi connectivity index (χ3n) is 3.35. The molecule has 2 atom stereocenters. The summed E-state index contributed by atoms with van der Waals surface area (Å²) >= 11 is 1.79. The van der Waals surface area contributed by atoms with Gasteiger partial charge in [0.1, 0.15) is 5.01 Å². The van der Waals surface area contributed by atoms with E-state index < -0.39 is 0 Å². The summed E-state index contributed by atoms with van der Waals surface area (Å²) in [5, 5.41) is 1.17. The van der Waals surface area contributed by atoms with Crippen LogP contribution in [-0.2, 0) is 0 Å². The van der Waals surface area contributed by atoms with Crippen LogP contribution in [0.4, 0.5) is 0 Å². The molecule has 0 bridgehead atoms. The van der Waals surface area contributed by atoms with Crippen molar-refractivity contribution in [3.63, 3.8) is 0 Å². The summed E-state index contributed by atoms with van der Waals surface area (Å²) in [6.07, 6.45) is 8.31. The topological polar surface area (TPSA) is 12.9 Å². The highest BCUT2D eigenvalue weighted by atomic mass is 32.1. The number of hydrogen-bond acceptors (Lipinski definition) is 2. The van der Waals surface area contributed by atoms with Gasteiger partial charge in [-0.25, -0.2) is 4.98 Å². The number of rotatable bonds is 1. The Morgan fingerprint density at radius 3 is 2.50 bits per heavy atom. The number of thiazole rings is 1. The lowest BCUT2D eigenvalue weighted by atomic mass is 10.1. The zero-order valence-electron chi connectivity index (χ0n) is 12.8. The fourth-order valence-electron chi connectivity index (χ4n) is 2.30. The molecule has 0 radical (unpaired) electrons. The summed E-state index contributed by atoms with van der Waals surface area (Å²) < 4.78 is 1.28. The molecule has 1 fully saturated rings. The fourth-order valence-corrected chi connectivity index (χ4v) is 3.27. The van der Waals surface area contributed by atoms with Crippen molar-refractivity contribution in [2.24, 2.45) is 11.8 Å². The highest BCUT2D eigenvalue weighted by molar-refractivity contribution is 7.19. The van der Waals surface area contributed by atoms with Crippen LogP contribution >= 0.6 is 11.3 Å². The quantitative estimate of drug-likeness (QED) is 0.632. The molecule has 2 aliphatic rings. The van der Waals surface area contributed by atoms with E-state index in [1.807, 2.05) is 33.8 Å². The molecule has 2 heteroatoms. The van der Waals surface area contributed by atoms with Gasteiger partial charge in [-0.2, -0.15) is 0 Å². The van der Waals surface area contributed by atoms with Crippen LogP contribution in [0.2, 0.25) is 0 Å². The molecule has 1 nitrogen and oxygen atoms in total. The zero-order chi connectivity index (χ0) is 14.5. The van der Waals surface area contributed by atoms with Crippen LogP contribution in [0.5, 0.6) is 0 Å². The molecular weight excluding hydrogens is 262 g/mol. The summed E-state index contributed by atoms with van der Waals surface area (Å²) in [7, 11) is 0. The number of benzene rings is 1. The molecule has 1 saturated carbocycles. The Hall–Kier alpha value is -1.41. The molecule has 0 spiro atoms. The molecule has 2 aliphatic carbocycles. The Kier molecular flexibility index (Phi) is 5.13. The second kappa shape index (κ2) is 6.85. The van der Waals surface area contributed by atoms with Gasteiger partial charge < -0.3 is 0 Å². The van der Waals surface area contributed by atoms with Crippen LogP contribution in [0, 0.1) is 11.8 Å². The number of para-hydroxylation sites is 1. The average Bonchev–Trinajstić information content (AvgIpc) is 3.19. The number of allylic oxidation sites excluding steroid dienone is 4. The molecule has 1 aromatic carbocycles. The van der Waals surface area contributed by atoms with Crippen molar-refractivity contribution in [2.45, 2.75) is 34.1 Å². The molecular formula is C18H23NS. The first-order valence-electron chi connectivity index (χ1n) is 7.66. The largest absolute Gasteiger partial charge is 0.236 e. The van der Waals surface area contributed by atoms with Crippen LogP contribution in [0.3, 0.4) is 0 Å². The van der Waals surface area contributed by atoms with Crippen molar-refractivity contribution in [3.05, 3.63) is 47.5 Å². The van der Waals surface area contributed by atoms with Crippen molar-refractivity contribution in [2.75, 3.05) is 0 Å². The SMILES string of the molecule is C1=CC2CC2C=C1c1nc2ccccc2s1.CC.CC. The van der Waals surface area contributed by atoms with Gasteiger partial charge in [0.25, 0.3) is 0 Å². The van der Waals surface area contributed by atoms with Crippen LogP contribution in [0.15, 0.2) is 42.5 Å². The fraction of sp³-hybridized carbons (Fsp3) is 0.389. The van der Waals surface area contributed by atoms with E-state index in [-0.39, 0.29) is 0 Å². The number of hydrogen-bond donors (Lipinski definition) is 0. The Morgan fingerprint density at radius 1 is 1.05 bits per heavy atom. The van der Waals surface area contributed by atoms with Gasteiger partial charge in [0.05, 0.1) is 10.2 Å². The van der Waals surface area contributed by atoms with Crippen molar-refractivity contribution < 1.29 is 0 Å². The first kappa shape index (κ1) is 15.0.